The summed E-state index contributed by atoms with van der Waals surface area (Å²) in [6, 6.07) is 0.141. The van der Waals surface area contributed by atoms with Gasteiger partial charge in [-0.3, -0.25) is 9.69 Å². The number of hydrogen-bond donors (Lipinski definition) is 1. The van der Waals surface area contributed by atoms with E-state index in [0.29, 0.717) is 0 Å². The fraction of sp³-hybridized carbons (Fsp3) is 0.714. The molecule has 1 amide bonds. The third-order valence-electron chi connectivity index (χ3n) is 3.55. The van der Waals surface area contributed by atoms with Gasteiger partial charge in [0.15, 0.2) is 5.13 Å². The molecular formula is C14H24N4OS. The summed E-state index contributed by atoms with van der Waals surface area (Å²) in [6.07, 6.45) is 1.92. The largest absolute Gasteiger partial charge is 0.353 e. The Morgan fingerprint density at radius 1 is 1.30 bits per heavy atom. The van der Waals surface area contributed by atoms with E-state index in [-0.39, 0.29) is 18.0 Å². The van der Waals surface area contributed by atoms with Crippen LogP contribution in [0.4, 0.5) is 5.13 Å². The fourth-order valence-electron chi connectivity index (χ4n) is 2.36. The van der Waals surface area contributed by atoms with Gasteiger partial charge in [-0.2, -0.15) is 0 Å². The average molecular weight is 296 g/mol. The smallest absolute Gasteiger partial charge is 0.237 e. The second-order valence-corrected chi connectivity index (χ2v) is 6.83. The maximum Gasteiger partial charge on any atom is 0.237 e. The van der Waals surface area contributed by atoms with Crippen LogP contribution >= 0.6 is 11.3 Å². The number of anilines is 1. The zero-order valence-electron chi connectivity index (χ0n) is 12.7. The number of rotatable bonds is 4. The molecular weight excluding hydrogens is 272 g/mol. The van der Waals surface area contributed by atoms with Gasteiger partial charge in [-0.1, -0.05) is 0 Å². The Morgan fingerprint density at radius 2 is 1.95 bits per heavy atom. The van der Waals surface area contributed by atoms with E-state index < -0.39 is 0 Å². The molecule has 2 rings (SSSR count). The highest BCUT2D eigenvalue weighted by Gasteiger charge is 2.26. The van der Waals surface area contributed by atoms with E-state index in [4.69, 9.17) is 0 Å². The SMILES string of the molecule is Cc1cnc(N2CCN(C(C)C(=O)NC(C)C)CC2)s1. The minimum atomic E-state index is -0.0578. The highest BCUT2D eigenvalue weighted by atomic mass is 32.1. The van der Waals surface area contributed by atoms with Crippen molar-refractivity contribution in [2.24, 2.45) is 0 Å². The van der Waals surface area contributed by atoms with Gasteiger partial charge in [-0.05, 0) is 27.7 Å². The Balaban J connectivity index is 1.86. The molecule has 1 saturated heterocycles. The lowest BCUT2D eigenvalue weighted by Gasteiger charge is -2.37. The molecule has 0 spiro atoms. The van der Waals surface area contributed by atoms with Crippen LogP contribution in [0.5, 0.6) is 0 Å². The summed E-state index contributed by atoms with van der Waals surface area (Å²) in [6.45, 7) is 11.7. The van der Waals surface area contributed by atoms with Gasteiger partial charge in [0.25, 0.3) is 0 Å². The van der Waals surface area contributed by atoms with Crippen LogP contribution in [0.25, 0.3) is 0 Å². The van der Waals surface area contributed by atoms with Crippen molar-refractivity contribution in [3.63, 3.8) is 0 Å². The van der Waals surface area contributed by atoms with Gasteiger partial charge in [0.2, 0.25) is 5.91 Å². The minimum Gasteiger partial charge on any atom is -0.353 e. The van der Waals surface area contributed by atoms with Gasteiger partial charge < -0.3 is 10.2 Å². The number of carbonyl (C=O) groups is 1. The van der Waals surface area contributed by atoms with Crippen molar-refractivity contribution in [1.29, 1.82) is 0 Å². The van der Waals surface area contributed by atoms with Crippen LogP contribution in [0.2, 0.25) is 0 Å². The third kappa shape index (κ3) is 3.70. The monoisotopic (exact) mass is 296 g/mol. The molecule has 1 aliphatic heterocycles. The van der Waals surface area contributed by atoms with E-state index in [0.717, 1.165) is 31.3 Å². The molecule has 0 saturated carbocycles. The lowest BCUT2D eigenvalue weighted by Crippen LogP contribution is -2.54. The number of piperazine rings is 1. The summed E-state index contributed by atoms with van der Waals surface area (Å²) in [5.74, 6) is 0.124. The maximum absolute atomic E-state index is 12.0. The van der Waals surface area contributed by atoms with Crippen molar-refractivity contribution in [3.05, 3.63) is 11.1 Å². The van der Waals surface area contributed by atoms with Crippen LogP contribution in [-0.4, -0.2) is 54.1 Å². The fourth-order valence-corrected chi connectivity index (χ4v) is 3.17. The molecule has 0 bridgehead atoms. The summed E-state index contributed by atoms with van der Waals surface area (Å²) >= 11 is 1.74. The molecule has 1 aromatic heterocycles. The summed E-state index contributed by atoms with van der Waals surface area (Å²) in [5.41, 5.74) is 0. The molecule has 112 valence electrons. The number of carbonyl (C=O) groups excluding carboxylic acids is 1. The first-order valence-electron chi connectivity index (χ1n) is 7.19. The van der Waals surface area contributed by atoms with E-state index in [9.17, 15) is 4.79 Å². The summed E-state index contributed by atoms with van der Waals surface area (Å²) in [4.78, 5) is 22.3. The van der Waals surface area contributed by atoms with Crippen LogP contribution in [0.3, 0.4) is 0 Å². The molecule has 1 aliphatic rings. The number of hydrogen-bond acceptors (Lipinski definition) is 5. The first-order valence-corrected chi connectivity index (χ1v) is 8.01. The number of aryl methyl sites for hydroxylation is 1. The van der Waals surface area contributed by atoms with Gasteiger partial charge in [0.05, 0.1) is 6.04 Å². The lowest BCUT2D eigenvalue weighted by atomic mass is 10.2. The first kappa shape index (κ1) is 15.3. The normalized spacial score (nSPS) is 18.4. The van der Waals surface area contributed by atoms with Gasteiger partial charge in [-0.15, -0.1) is 11.3 Å². The van der Waals surface area contributed by atoms with E-state index in [1.807, 2.05) is 27.0 Å². The number of thiazole rings is 1. The number of amides is 1. The zero-order chi connectivity index (χ0) is 14.7. The average Bonchev–Trinajstić information content (AvgIpc) is 2.84. The highest BCUT2D eigenvalue weighted by Crippen LogP contribution is 2.23. The van der Waals surface area contributed by atoms with E-state index in [1.54, 1.807) is 11.3 Å². The summed E-state index contributed by atoms with van der Waals surface area (Å²) in [5, 5.41) is 4.08. The van der Waals surface area contributed by atoms with Crippen molar-refractivity contribution < 1.29 is 4.79 Å². The van der Waals surface area contributed by atoms with E-state index in [1.165, 1.54) is 4.88 Å². The Kier molecular flexibility index (Phi) is 4.99. The first-order chi connectivity index (χ1) is 9.47. The van der Waals surface area contributed by atoms with Crippen molar-refractivity contribution in [2.75, 3.05) is 31.1 Å². The molecule has 0 radical (unpaired) electrons. The summed E-state index contributed by atoms with van der Waals surface area (Å²) in [7, 11) is 0. The van der Waals surface area contributed by atoms with Crippen molar-refractivity contribution in [1.82, 2.24) is 15.2 Å². The molecule has 1 N–H and O–H groups in total. The Bertz CT molecular complexity index is 452. The molecule has 0 aromatic carbocycles. The standard InChI is InChI=1S/C14H24N4OS/c1-10(2)16-13(19)12(4)17-5-7-18(8-6-17)14-15-9-11(3)20-14/h9-10,12H,5-8H2,1-4H3,(H,16,19). The molecule has 1 atom stereocenters. The van der Waals surface area contributed by atoms with Crippen molar-refractivity contribution in [3.8, 4) is 0 Å². The van der Waals surface area contributed by atoms with Crippen LogP contribution in [0, 0.1) is 6.92 Å². The second kappa shape index (κ2) is 6.54. The van der Waals surface area contributed by atoms with E-state index in [2.05, 4.69) is 27.0 Å². The van der Waals surface area contributed by atoms with Crippen LogP contribution in [-0.2, 0) is 4.79 Å². The molecule has 20 heavy (non-hydrogen) atoms. The molecule has 1 unspecified atom stereocenters. The second-order valence-electron chi connectivity index (χ2n) is 5.62. The van der Waals surface area contributed by atoms with Gasteiger partial charge in [0, 0.05) is 43.3 Å². The van der Waals surface area contributed by atoms with Crippen LogP contribution in [0.15, 0.2) is 6.20 Å². The van der Waals surface area contributed by atoms with Gasteiger partial charge in [0.1, 0.15) is 0 Å². The van der Waals surface area contributed by atoms with Crippen molar-refractivity contribution >= 4 is 22.4 Å². The number of nitrogens with one attached hydrogen (secondary N) is 1. The quantitative estimate of drug-likeness (QED) is 0.914. The van der Waals surface area contributed by atoms with Crippen LogP contribution in [0.1, 0.15) is 25.6 Å². The van der Waals surface area contributed by atoms with Gasteiger partial charge >= 0.3 is 0 Å². The Hall–Kier alpha value is -1.14. The number of aromatic nitrogens is 1. The van der Waals surface area contributed by atoms with Gasteiger partial charge in [-0.25, -0.2) is 4.98 Å². The predicted molar refractivity (Wildman–Crippen MR) is 83.4 cm³/mol. The topological polar surface area (TPSA) is 48.5 Å². The molecule has 5 nitrogen and oxygen atoms in total. The maximum atomic E-state index is 12.0. The van der Waals surface area contributed by atoms with Crippen LogP contribution < -0.4 is 10.2 Å². The lowest BCUT2D eigenvalue weighted by molar-refractivity contribution is -0.126. The predicted octanol–water partition coefficient (Wildman–Crippen LogP) is 1.49. The number of nitrogens with zero attached hydrogens (tertiary/aromatic N) is 3. The molecule has 1 fully saturated rings. The molecule has 1 aromatic rings. The highest BCUT2D eigenvalue weighted by molar-refractivity contribution is 7.15. The van der Waals surface area contributed by atoms with E-state index >= 15 is 0 Å². The zero-order valence-corrected chi connectivity index (χ0v) is 13.5. The molecule has 0 aliphatic carbocycles. The third-order valence-corrected chi connectivity index (χ3v) is 4.53. The molecule has 6 heteroatoms. The Labute approximate surface area is 125 Å². The van der Waals surface area contributed by atoms with Crippen molar-refractivity contribution in [2.45, 2.75) is 39.8 Å². The molecule has 2 heterocycles. The minimum absolute atomic E-state index is 0.0578. The Morgan fingerprint density at radius 3 is 2.45 bits per heavy atom. The summed E-state index contributed by atoms with van der Waals surface area (Å²) < 4.78 is 0.